The molecule has 1 amide bonds. The van der Waals surface area contributed by atoms with E-state index < -0.39 is 11.9 Å². The normalized spacial score (nSPS) is 22.3. The average molecular weight is 372 g/mol. The van der Waals surface area contributed by atoms with Gasteiger partial charge >= 0.3 is 0 Å². The Morgan fingerprint density at radius 3 is 2.72 bits per heavy atom. The van der Waals surface area contributed by atoms with Crippen molar-refractivity contribution < 1.29 is 13.9 Å². The first-order valence-electron chi connectivity index (χ1n) is 8.83. The van der Waals surface area contributed by atoms with Crippen LogP contribution in [0.15, 0.2) is 24.3 Å². The first-order valence-corrected chi connectivity index (χ1v) is 8.83. The molecule has 0 aliphatic carbocycles. The number of nitrogens with one attached hydrogen (secondary N) is 1. The molecule has 0 spiro atoms. The Morgan fingerprint density at radius 1 is 1.32 bits per heavy atom. The summed E-state index contributed by atoms with van der Waals surface area (Å²) in [5.41, 5.74) is 0. The van der Waals surface area contributed by atoms with E-state index in [1.165, 1.54) is 6.07 Å². The van der Waals surface area contributed by atoms with E-state index in [2.05, 4.69) is 10.2 Å². The van der Waals surface area contributed by atoms with Crippen molar-refractivity contribution in [2.75, 3.05) is 39.3 Å². The zero-order chi connectivity index (χ0) is 16.9. The van der Waals surface area contributed by atoms with Crippen molar-refractivity contribution in [2.24, 2.45) is 0 Å². The first kappa shape index (κ1) is 19.9. The molecule has 0 bridgehead atoms. The van der Waals surface area contributed by atoms with Crippen LogP contribution in [0.2, 0.25) is 0 Å². The minimum atomic E-state index is -0.622. The van der Waals surface area contributed by atoms with E-state index in [0.717, 1.165) is 45.7 Å². The van der Waals surface area contributed by atoms with Crippen molar-refractivity contribution in [3.8, 4) is 5.75 Å². The van der Waals surface area contributed by atoms with Gasteiger partial charge in [-0.1, -0.05) is 19.1 Å². The number of hydrogen-bond donors (Lipinski definition) is 1. The minimum absolute atomic E-state index is 0. The summed E-state index contributed by atoms with van der Waals surface area (Å²) in [5.74, 6) is -0.308. The van der Waals surface area contributed by atoms with Crippen LogP contribution < -0.4 is 10.1 Å². The number of halogens is 2. The quantitative estimate of drug-likeness (QED) is 0.858. The van der Waals surface area contributed by atoms with Crippen molar-refractivity contribution in [3.05, 3.63) is 30.1 Å². The molecular weight excluding hydrogens is 345 g/mol. The highest BCUT2D eigenvalue weighted by Crippen LogP contribution is 2.22. The van der Waals surface area contributed by atoms with Gasteiger partial charge in [0.15, 0.2) is 17.7 Å². The lowest BCUT2D eigenvalue weighted by Gasteiger charge is -2.32. The molecule has 2 aliphatic heterocycles. The number of carbonyl (C=O) groups is 1. The van der Waals surface area contributed by atoms with Crippen molar-refractivity contribution in [2.45, 2.75) is 31.9 Å². The Hall–Kier alpha value is -1.37. The number of hydrogen-bond acceptors (Lipinski definition) is 4. The SMILES string of the molecule is CCC(Oc1ccccc1F)C(=O)N1CCC(N2CCNCC2)C1.Cl. The second kappa shape index (κ2) is 9.36. The highest BCUT2D eigenvalue weighted by molar-refractivity contribution is 5.85. The number of para-hydroxylation sites is 1. The van der Waals surface area contributed by atoms with Gasteiger partial charge in [0, 0.05) is 45.3 Å². The van der Waals surface area contributed by atoms with Gasteiger partial charge in [-0.2, -0.15) is 0 Å². The van der Waals surface area contributed by atoms with Gasteiger partial charge in [-0.3, -0.25) is 9.69 Å². The number of amides is 1. The number of nitrogens with zero attached hydrogens (tertiary/aromatic N) is 2. The zero-order valence-electron chi connectivity index (χ0n) is 14.6. The van der Waals surface area contributed by atoms with E-state index in [9.17, 15) is 9.18 Å². The summed E-state index contributed by atoms with van der Waals surface area (Å²) in [6.45, 7) is 7.50. The van der Waals surface area contributed by atoms with Crippen LogP contribution in [0, 0.1) is 5.82 Å². The lowest BCUT2D eigenvalue weighted by atomic mass is 10.2. The van der Waals surface area contributed by atoms with Crippen molar-refractivity contribution in [1.82, 2.24) is 15.1 Å². The van der Waals surface area contributed by atoms with Gasteiger partial charge in [0.2, 0.25) is 0 Å². The number of likely N-dealkylation sites (tertiary alicyclic amines) is 1. The van der Waals surface area contributed by atoms with Crippen LogP contribution in [0.1, 0.15) is 19.8 Å². The van der Waals surface area contributed by atoms with Crippen molar-refractivity contribution >= 4 is 18.3 Å². The molecule has 0 radical (unpaired) electrons. The van der Waals surface area contributed by atoms with E-state index in [0.29, 0.717) is 12.5 Å². The Balaban J connectivity index is 0.00000225. The van der Waals surface area contributed by atoms with Crippen LogP contribution in [-0.2, 0) is 4.79 Å². The van der Waals surface area contributed by atoms with Crippen molar-refractivity contribution in [3.63, 3.8) is 0 Å². The molecule has 1 aromatic carbocycles. The van der Waals surface area contributed by atoms with Crippen LogP contribution in [0.25, 0.3) is 0 Å². The Kier molecular flexibility index (Phi) is 7.47. The smallest absolute Gasteiger partial charge is 0.263 e. The summed E-state index contributed by atoms with van der Waals surface area (Å²) in [4.78, 5) is 17.1. The molecule has 0 aromatic heterocycles. The second-order valence-corrected chi connectivity index (χ2v) is 6.46. The molecule has 2 fully saturated rings. The van der Waals surface area contributed by atoms with Gasteiger partial charge in [0.1, 0.15) is 0 Å². The van der Waals surface area contributed by atoms with E-state index >= 15 is 0 Å². The standard InChI is InChI=1S/C18H26FN3O2.ClH/c1-2-16(24-17-6-4-3-5-15(17)19)18(23)22-10-7-14(13-22)21-11-8-20-9-12-21;/h3-6,14,16,20H,2,7-13H2,1H3;1H. The lowest BCUT2D eigenvalue weighted by Crippen LogP contribution is -2.50. The molecule has 2 heterocycles. The fourth-order valence-corrected chi connectivity index (χ4v) is 3.49. The van der Waals surface area contributed by atoms with E-state index in [4.69, 9.17) is 4.74 Å². The van der Waals surface area contributed by atoms with Crippen LogP contribution >= 0.6 is 12.4 Å². The van der Waals surface area contributed by atoms with Crippen LogP contribution in [0.3, 0.4) is 0 Å². The number of benzene rings is 1. The highest BCUT2D eigenvalue weighted by Gasteiger charge is 2.34. The molecule has 25 heavy (non-hydrogen) atoms. The van der Waals surface area contributed by atoms with E-state index in [1.807, 2.05) is 11.8 Å². The predicted molar refractivity (Wildman–Crippen MR) is 97.8 cm³/mol. The van der Waals surface area contributed by atoms with Gasteiger partial charge < -0.3 is 15.0 Å². The fourth-order valence-electron chi connectivity index (χ4n) is 3.49. The zero-order valence-corrected chi connectivity index (χ0v) is 15.4. The third kappa shape index (κ3) is 4.84. The molecule has 2 atom stereocenters. The lowest BCUT2D eigenvalue weighted by molar-refractivity contribution is -0.138. The molecule has 5 nitrogen and oxygen atoms in total. The van der Waals surface area contributed by atoms with Gasteiger partial charge in [-0.25, -0.2) is 4.39 Å². The number of rotatable bonds is 5. The molecule has 0 saturated carbocycles. The fraction of sp³-hybridized carbons (Fsp3) is 0.611. The highest BCUT2D eigenvalue weighted by atomic mass is 35.5. The third-order valence-electron chi connectivity index (χ3n) is 4.90. The molecule has 2 aliphatic rings. The maximum atomic E-state index is 13.8. The maximum absolute atomic E-state index is 13.8. The maximum Gasteiger partial charge on any atom is 0.263 e. The molecule has 2 unspecified atom stereocenters. The van der Waals surface area contributed by atoms with E-state index in [1.54, 1.807) is 18.2 Å². The van der Waals surface area contributed by atoms with Crippen LogP contribution in [-0.4, -0.2) is 67.1 Å². The van der Waals surface area contributed by atoms with Gasteiger partial charge in [-0.05, 0) is 25.0 Å². The summed E-state index contributed by atoms with van der Waals surface area (Å²) in [7, 11) is 0. The molecule has 1 N–H and O–H groups in total. The summed E-state index contributed by atoms with van der Waals surface area (Å²) >= 11 is 0. The average Bonchev–Trinajstić information content (AvgIpc) is 3.11. The van der Waals surface area contributed by atoms with Crippen molar-refractivity contribution in [1.29, 1.82) is 0 Å². The Morgan fingerprint density at radius 2 is 2.04 bits per heavy atom. The van der Waals surface area contributed by atoms with Crippen LogP contribution in [0.4, 0.5) is 4.39 Å². The molecule has 7 heteroatoms. The monoisotopic (exact) mass is 371 g/mol. The topological polar surface area (TPSA) is 44.8 Å². The van der Waals surface area contributed by atoms with E-state index in [-0.39, 0.29) is 24.1 Å². The summed E-state index contributed by atoms with van der Waals surface area (Å²) < 4.78 is 19.4. The third-order valence-corrected chi connectivity index (χ3v) is 4.90. The number of ether oxygens (including phenoxy) is 1. The minimum Gasteiger partial charge on any atom is -0.478 e. The summed E-state index contributed by atoms with van der Waals surface area (Å²) in [6, 6.07) is 6.68. The number of piperazine rings is 1. The molecule has 140 valence electrons. The Bertz CT molecular complexity index is 569. The predicted octanol–water partition coefficient (Wildman–Crippen LogP) is 1.91. The van der Waals surface area contributed by atoms with Gasteiger partial charge in [0.05, 0.1) is 0 Å². The first-order chi connectivity index (χ1) is 11.7. The second-order valence-electron chi connectivity index (χ2n) is 6.46. The molecule has 1 aromatic rings. The Labute approximate surface area is 154 Å². The van der Waals surface area contributed by atoms with Gasteiger partial charge in [-0.15, -0.1) is 12.4 Å². The molecule has 2 saturated heterocycles. The molecular formula is C18H27ClFN3O2. The number of carbonyl (C=O) groups excluding carboxylic acids is 1. The summed E-state index contributed by atoms with van der Waals surface area (Å²) in [6.07, 6.45) is 0.910. The molecule has 3 rings (SSSR count). The van der Waals surface area contributed by atoms with Gasteiger partial charge in [0.25, 0.3) is 5.91 Å². The largest absolute Gasteiger partial charge is 0.478 e. The summed E-state index contributed by atoms with van der Waals surface area (Å²) in [5, 5.41) is 3.35. The van der Waals surface area contributed by atoms with Crippen LogP contribution in [0.5, 0.6) is 5.75 Å².